The van der Waals surface area contributed by atoms with Crippen LogP contribution in [0.5, 0.6) is 0 Å². The first-order chi connectivity index (χ1) is 12.7. The van der Waals surface area contributed by atoms with Gasteiger partial charge >= 0.3 is 0 Å². The van der Waals surface area contributed by atoms with Gasteiger partial charge in [-0.2, -0.15) is 14.6 Å². The van der Waals surface area contributed by atoms with Crippen LogP contribution in [0.1, 0.15) is 30.7 Å². The van der Waals surface area contributed by atoms with Crippen LogP contribution in [0.15, 0.2) is 30.6 Å². The Hall–Kier alpha value is -2.61. The second kappa shape index (κ2) is 6.95. The van der Waals surface area contributed by atoms with Crippen LogP contribution in [-0.4, -0.2) is 39.3 Å². The van der Waals surface area contributed by atoms with Crippen molar-refractivity contribution >= 4 is 11.6 Å². The molecular formula is C18H19F2N5O. The highest BCUT2D eigenvalue weighted by Crippen LogP contribution is 2.28. The minimum absolute atomic E-state index is 0.355. The van der Waals surface area contributed by atoms with Gasteiger partial charge < -0.3 is 9.64 Å². The van der Waals surface area contributed by atoms with Crippen molar-refractivity contribution in [2.75, 3.05) is 24.6 Å². The summed E-state index contributed by atoms with van der Waals surface area (Å²) in [6.07, 6.45) is 2.81. The van der Waals surface area contributed by atoms with Crippen LogP contribution < -0.4 is 4.90 Å². The van der Waals surface area contributed by atoms with Crippen molar-refractivity contribution in [2.24, 2.45) is 0 Å². The van der Waals surface area contributed by atoms with Crippen molar-refractivity contribution in [2.45, 2.75) is 25.9 Å². The molecule has 3 aromatic rings. The lowest BCUT2D eigenvalue weighted by Gasteiger charge is -2.34. The highest BCUT2D eigenvalue weighted by Gasteiger charge is 2.26. The van der Waals surface area contributed by atoms with Gasteiger partial charge in [-0.1, -0.05) is 19.4 Å². The normalized spacial score (nSPS) is 17.8. The number of halogens is 2. The molecule has 0 bridgehead atoms. The number of rotatable bonds is 4. The molecule has 0 spiro atoms. The van der Waals surface area contributed by atoms with Gasteiger partial charge in [0.25, 0.3) is 5.78 Å². The molecule has 0 saturated carbocycles. The van der Waals surface area contributed by atoms with E-state index in [9.17, 15) is 8.78 Å². The average Bonchev–Trinajstić information content (AvgIpc) is 3.10. The Morgan fingerprint density at radius 2 is 2.15 bits per heavy atom. The summed E-state index contributed by atoms with van der Waals surface area (Å²) in [5.74, 6) is 0.208. The lowest BCUT2D eigenvalue weighted by atomic mass is 10.1. The zero-order chi connectivity index (χ0) is 18.1. The van der Waals surface area contributed by atoms with E-state index in [0.29, 0.717) is 31.0 Å². The Labute approximate surface area is 149 Å². The van der Waals surface area contributed by atoms with Crippen LogP contribution in [-0.2, 0) is 11.2 Å². The molecule has 1 atom stereocenters. The van der Waals surface area contributed by atoms with E-state index in [4.69, 9.17) is 4.74 Å². The molecule has 1 aliphatic heterocycles. The lowest BCUT2D eigenvalue weighted by molar-refractivity contribution is 0.0370. The Morgan fingerprint density at radius 1 is 1.27 bits per heavy atom. The molecule has 0 aliphatic carbocycles. The molecular weight excluding hydrogens is 340 g/mol. The number of hydrogen-bond donors (Lipinski definition) is 0. The van der Waals surface area contributed by atoms with Gasteiger partial charge in [-0.15, -0.1) is 0 Å². The fourth-order valence-electron chi connectivity index (χ4n) is 3.26. The van der Waals surface area contributed by atoms with Crippen molar-refractivity contribution in [3.05, 3.63) is 53.5 Å². The van der Waals surface area contributed by atoms with Gasteiger partial charge in [-0.25, -0.2) is 13.8 Å². The Balaban J connectivity index is 1.67. The summed E-state index contributed by atoms with van der Waals surface area (Å²) in [6.45, 7) is 3.61. The van der Waals surface area contributed by atoms with Gasteiger partial charge in [-0.05, 0) is 12.5 Å². The van der Waals surface area contributed by atoms with Crippen LogP contribution in [0.2, 0.25) is 0 Å². The number of fused-ring (bicyclic) bond motifs is 1. The first-order valence-electron chi connectivity index (χ1n) is 8.67. The predicted molar refractivity (Wildman–Crippen MR) is 92.0 cm³/mol. The number of aromatic nitrogens is 4. The van der Waals surface area contributed by atoms with Crippen LogP contribution in [0.4, 0.5) is 14.6 Å². The summed E-state index contributed by atoms with van der Waals surface area (Å²) >= 11 is 0. The standard InChI is InChI=1S/C18H19F2N5O/c1-2-3-13-9-17(25-18(23-13)21-11-22-25)24-6-7-26-16(10-24)14-5-4-12(19)8-15(14)20/h4-5,8-9,11,16H,2-3,6-7,10H2,1H3. The number of benzene rings is 1. The molecule has 1 unspecified atom stereocenters. The molecule has 1 aliphatic rings. The van der Waals surface area contributed by atoms with E-state index >= 15 is 0 Å². The van der Waals surface area contributed by atoms with Crippen LogP contribution >= 0.6 is 0 Å². The zero-order valence-electron chi connectivity index (χ0n) is 14.4. The van der Waals surface area contributed by atoms with E-state index in [0.717, 1.165) is 30.4 Å². The molecule has 2 aromatic heterocycles. The smallest absolute Gasteiger partial charge is 0.254 e. The molecule has 6 nitrogen and oxygen atoms in total. The topological polar surface area (TPSA) is 55.6 Å². The summed E-state index contributed by atoms with van der Waals surface area (Å²) in [6, 6.07) is 5.58. The van der Waals surface area contributed by atoms with Crippen molar-refractivity contribution in [1.29, 1.82) is 0 Å². The Morgan fingerprint density at radius 3 is 2.96 bits per heavy atom. The van der Waals surface area contributed by atoms with E-state index < -0.39 is 17.7 Å². The number of anilines is 1. The second-order valence-corrected chi connectivity index (χ2v) is 6.30. The van der Waals surface area contributed by atoms with Gasteiger partial charge in [0, 0.05) is 36.5 Å². The highest BCUT2D eigenvalue weighted by atomic mass is 19.1. The summed E-state index contributed by atoms with van der Waals surface area (Å²) < 4.78 is 34.8. The quantitative estimate of drug-likeness (QED) is 0.717. The number of nitrogens with zero attached hydrogens (tertiary/aromatic N) is 5. The SMILES string of the molecule is CCCc1cc(N2CCOC(c3ccc(F)cc3F)C2)n2ncnc2n1. The van der Waals surface area contributed by atoms with Gasteiger partial charge in [0.05, 0.1) is 6.61 Å². The van der Waals surface area contributed by atoms with Gasteiger partial charge in [0.1, 0.15) is 29.9 Å². The van der Waals surface area contributed by atoms with E-state index in [1.54, 1.807) is 4.52 Å². The third-order valence-electron chi connectivity index (χ3n) is 4.49. The van der Waals surface area contributed by atoms with Crippen LogP contribution in [0, 0.1) is 11.6 Å². The van der Waals surface area contributed by atoms with Crippen LogP contribution in [0.25, 0.3) is 5.78 Å². The molecule has 8 heteroatoms. The molecule has 0 amide bonds. The monoisotopic (exact) mass is 359 g/mol. The van der Waals surface area contributed by atoms with Gasteiger partial charge in [0.15, 0.2) is 0 Å². The number of aryl methyl sites for hydroxylation is 1. The van der Waals surface area contributed by atoms with E-state index in [1.807, 2.05) is 6.07 Å². The maximum Gasteiger partial charge on any atom is 0.254 e. The largest absolute Gasteiger partial charge is 0.370 e. The van der Waals surface area contributed by atoms with E-state index in [-0.39, 0.29) is 0 Å². The molecule has 1 fully saturated rings. The average molecular weight is 359 g/mol. The van der Waals surface area contributed by atoms with Gasteiger partial charge in [0.2, 0.25) is 0 Å². The molecule has 3 heterocycles. The molecule has 0 radical (unpaired) electrons. The first-order valence-corrected chi connectivity index (χ1v) is 8.67. The Kier molecular flexibility index (Phi) is 4.50. The second-order valence-electron chi connectivity index (χ2n) is 6.30. The number of hydrogen-bond acceptors (Lipinski definition) is 5. The van der Waals surface area contributed by atoms with Gasteiger partial charge in [-0.3, -0.25) is 0 Å². The molecule has 136 valence electrons. The van der Waals surface area contributed by atoms with Crippen molar-refractivity contribution in [3.63, 3.8) is 0 Å². The minimum Gasteiger partial charge on any atom is -0.370 e. The first kappa shape index (κ1) is 16.8. The molecule has 1 saturated heterocycles. The summed E-state index contributed by atoms with van der Waals surface area (Å²) in [5.41, 5.74) is 1.30. The fraction of sp³-hybridized carbons (Fsp3) is 0.389. The Bertz CT molecular complexity index is 929. The molecule has 0 N–H and O–H groups in total. The third-order valence-corrected chi connectivity index (χ3v) is 4.49. The summed E-state index contributed by atoms with van der Waals surface area (Å²) in [7, 11) is 0. The minimum atomic E-state index is -0.596. The number of ether oxygens (including phenoxy) is 1. The maximum absolute atomic E-state index is 14.2. The summed E-state index contributed by atoms with van der Waals surface area (Å²) in [4.78, 5) is 10.8. The van der Waals surface area contributed by atoms with Crippen molar-refractivity contribution in [1.82, 2.24) is 19.6 Å². The molecule has 26 heavy (non-hydrogen) atoms. The predicted octanol–water partition coefficient (Wildman–Crippen LogP) is 2.93. The highest BCUT2D eigenvalue weighted by molar-refractivity contribution is 5.48. The third kappa shape index (κ3) is 3.12. The summed E-state index contributed by atoms with van der Waals surface area (Å²) in [5, 5.41) is 4.26. The molecule has 4 rings (SSSR count). The zero-order valence-corrected chi connectivity index (χ0v) is 14.4. The van der Waals surface area contributed by atoms with Crippen molar-refractivity contribution < 1.29 is 13.5 Å². The van der Waals surface area contributed by atoms with E-state index in [1.165, 1.54) is 18.5 Å². The molecule has 1 aromatic carbocycles. The fourth-order valence-corrected chi connectivity index (χ4v) is 3.26. The number of morpholine rings is 1. The lowest BCUT2D eigenvalue weighted by Crippen LogP contribution is -2.39. The van der Waals surface area contributed by atoms with Crippen LogP contribution in [0.3, 0.4) is 0 Å². The van der Waals surface area contributed by atoms with E-state index in [2.05, 4.69) is 26.9 Å². The van der Waals surface area contributed by atoms with Crippen molar-refractivity contribution in [3.8, 4) is 0 Å². The maximum atomic E-state index is 14.2.